The van der Waals surface area contributed by atoms with Crippen molar-refractivity contribution in [2.45, 2.75) is 242 Å². The number of hydrogen-bond acceptors (Lipinski definition) is 4. The molecule has 0 bridgehead atoms. The number of esters is 1. The Bertz CT molecular complexity index is 1180. The summed E-state index contributed by atoms with van der Waals surface area (Å²) in [4.78, 5) is 25.4. The minimum absolute atomic E-state index is 0.0419. The number of nitrogens with one attached hydrogen (secondary N) is 1. The zero-order valence-corrected chi connectivity index (χ0v) is 41.5. The van der Waals surface area contributed by atoms with E-state index in [9.17, 15) is 9.59 Å². The van der Waals surface area contributed by atoms with Crippen molar-refractivity contribution in [3.05, 3.63) is 0 Å². The average Bonchev–Trinajstić information content (AvgIpc) is 3.17. The van der Waals surface area contributed by atoms with Crippen molar-refractivity contribution in [2.75, 3.05) is 0 Å². The van der Waals surface area contributed by atoms with Crippen molar-refractivity contribution < 1.29 is 19.4 Å². The van der Waals surface area contributed by atoms with Gasteiger partial charge < -0.3 is 15.2 Å². The molecule has 12 unspecified atom stereocenters. The molecule has 0 amide bonds. The molecule has 4 aliphatic carbocycles. The Morgan fingerprint density at radius 2 is 0.800 bits per heavy atom. The fourth-order valence-corrected chi connectivity index (χ4v) is 15.6. The van der Waals surface area contributed by atoms with Crippen molar-refractivity contribution >= 4 is 11.9 Å². The molecule has 1 aliphatic heterocycles. The highest BCUT2D eigenvalue weighted by Gasteiger charge is 2.65. The summed E-state index contributed by atoms with van der Waals surface area (Å²) in [5.74, 6) is 9.82. The first-order valence-electron chi connectivity index (χ1n) is 26.6. The molecule has 5 aliphatic rings. The molecule has 60 heavy (non-hydrogen) atoms. The third kappa shape index (κ3) is 12.0. The van der Waals surface area contributed by atoms with E-state index in [1.54, 1.807) is 0 Å². The summed E-state index contributed by atoms with van der Waals surface area (Å²) >= 11 is 0. The standard InChI is InChI=1S/C55H99NO4/c1-35(2)44-25-21-39(9)29-48(44)54(49-30-40(10)22-26-45(49)36(3)4)33-43(60-53(59)20-18-16-14-13-15-17-19-52(57)58)34-55(56-54,50-31-41(11)23-27-46(50)37(5)6)51-32-42(12)24-28-47(51)38(7)8/h35-51,56H,13-34H2,1-12H3,(H,57,58). The molecule has 0 aromatic rings. The average molecular weight is 838 g/mol. The fourth-order valence-electron chi connectivity index (χ4n) is 15.6. The maximum Gasteiger partial charge on any atom is 0.306 e. The van der Waals surface area contributed by atoms with Crippen LogP contribution in [0, 0.1) is 94.7 Å². The highest BCUT2D eigenvalue weighted by atomic mass is 16.5. The lowest BCUT2D eigenvalue weighted by Crippen LogP contribution is -2.78. The first-order chi connectivity index (χ1) is 28.4. The molecule has 0 spiro atoms. The van der Waals surface area contributed by atoms with Crippen LogP contribution in [-0.2, 0) is 14.3 Å². The Hall–Kier alpha value is -1.10. The van der Waals surface area contributed by atoms with Gasteiger partial charge in [0.05, 0.1) is 0 Å². The molecule has 1 heterocycles. The van der Waals surface area contributed by atoms with E-state index in [0.29, 0.717) is 77.4 Å². The van der Waals surface area contributed by atoms with Gasteiger partial charge in [0.15, 0.2) is 0 Å². The van der Waals surface area contributed by atoms with Crippen LogP contribution in [0.4, 0.5) is 0 Å². The molecule has 5 heteroatoms. The number of carbonyl (C=O) groups excluding carboxylic acids is 1. The Balaban J connectivity index is 1.67. The SMILES string of the molecule is CC1CCC(C(C)C)C(C2(C3CC(C)CCC3C(C)C)CC(OC(=O)CCCCCCCCC(=O)O)CC(C3CC(C)CCC3C(C)C)(C3CC(C)CCC3C(C)C)N2)C1. The lowest BCUT2D eigenvalue weighted by atomic mass is 9.46. The normalized spacial score (nSPS) is 40.6. The molecule has 4 saturated carbocycles. The highest BCUT2D eigenvalue weighted by molar-refractivity contribution is 5.69. The summed E-state index contributed by atoms with van der Waals surface area (Å²) in [7, 11) is 0. The molecular formula is C55H99NO4. The number of carboxylic acid groups (broad SMARTS) is 1. The minimum Gasteiger partial charge on any atom is -0.481 e. The van der Waals surface area contributed by atoms with Gasteiger partial charge in [-0.2, -0.15) is 0 Å². The van der Waals surface area contributed by atoms with Crippen molar-refractivity contribution in [3.63, 3.8) is 0 Å². The van der Waals surface area contributed by atoms with E-state index in [1.807, 2.05) is 0 Å². The van der Waals surface area contributed by atoms with Crippen LogP contribution < -0.4 is 5.32 Å². The number of hydrogen-bond donors (Lipinski definition) is 2. The van der Waals surface area contributed by atoms with Crippen LogP contribution in [0.5, 0.6) is 0 Å². The summed E-state index contributed by atoms with van der Waals surface area (Å²) in [5, 5.41) is 14.3. The summed E-state index contributed by atoms with van der Waals surface area (Å²) in [5.41, 5.74) is -0.145. The molecule has 12 atom stereocenters. The summed E-state index contributed by atoms with van der Waals surface area (Å²) in [6, 6.07) is 0. The topological polar surface area (TPSA) is 75.6 Å². The quantitative estimate of drug-likeness (QED) is 0.106. The van der Waals surface area contributed by atoms with E-state index >= 15 is 0 Å². The first kappa shape index (κ1) is 49.9. The van der Waals surface area contributed by atoms with Gasteiger partial charge in [0.1, 0.15) is 6.10 Å². The zero-order chi connectivity index (χ0) is 43.9. The van der Waals surface area contributed by atoms with Crippen LogP contribution in [0.15, 0.2) is 0 Å². The predicted molar refractivity (Wildman–Crippen MR) is 252 cm³/mol. The van der Waals surface area contributed by atoms with Gasteiger partial charge in [-0.05, 0) is 159 Å². The van der Waals surface area contributed by atoms with Gasteiger partial charge in [0.2, 0.25) is 0 Å². The van der Waals surface area contributed by atoms with E-state index < -0.39 is 5.97 Å². The Morgan fingerprint density at radius 3 is 1.10 bits per heavy atom. The number of carbonyl (C=O) groups is 2. The maximum absolute atomic E-state index is 14.4. The van der Waals surface area contributed by atoms with E-state index in [2.05, 4.69) is 83.1 Å². The fraction of sp³-hybridized carbons (Fsp3) is 0.964. The van der Waals surface area contributed by atoms with E-state index in [4.69, 9.17) is 15.2 Å². The maximum atomic E-state index is 14.4. The van der Waals surface area contributed by atoms with Crippen LogP contribution in [0.2, 0.25) is 0 Å². The van der Waals surface area contributed by atoms with Crippen molar-refractivity contribution in [3.8, 4) is 0 Å². The molecule has 0 aromatic heterocycles. The largest absolute Gasteiger partial charge is 0.481 e. The molecular weight excluding hydrogens is 739 g/mol. The number of unbranched alkanes of at least 4 members (excludes halogenated alkanes) is 5. The minimum atomic E-state index is -0.699. The Kier molecular flexibility index (Phi) is 18.5. The lowest BCUT2D eigenvalue weighted by Gasteiger charge is -2.68. The first-order valence-corrected chi connectivity index (χ1v) is 26.6. The van der Waals surface area contributed by atoms with Crippen LogP contribution >= 0.6 is 0 Å². The summed E-state index contributed by atoms with van der Waals surface area (Å²) in [6.07, 6.45) is 24.3. The molecule has 0 radical (unpaired) electrons. The van der Waals surface area contributed by atoms with Crippen LogP contribution in [0.1, 0.15) is 224 Å². The second-order valence-electron chi connectivity index (χ2n) is 24.5. The number of piperidine rings is 1. The van der Waals surface area contributed by atoms with Gasteiger partial charge in [-0.3, -0.25) is 9.59 Å². The zero-order valence-electron chi connectivity index (χ0n) is 41.5. The van der Waals surface area contributed by atoms with E-state index in [-0.39, 0.29) is 29.6 Å². The number of rotatable bonds is 18. The molecule has 5 fully saturated rings. The van der Waals surface area contributed by atoms with Gasteiger partial charge in [-0.25, -0.2) is 0 Å². The number of carboxylic acids is 1. The Labute approximate surface area is 371 Å². The predicted octanol–water partition coefficient (Wildman–Crippen LogP) is 14.8. The number of ether oxygens (including phenoxy) is 1. The smallest absolute Gasteiger partial charge is 0.306 e. The lowest BCUT2D eigenvalue weighted by molar-refractivity contribution is -0.178. The second kappa shape index (κ2) is 22.2. The van der Waals surface area contributed by atoms with Gasteiger partial charge in [-0.15, -0.1) is 0 Å². The van der Waals surface area contributed by atoms with Gasteiger partial charge >= 0.3 is 11.9 Å². The highest BCUT2D eigenvalue weighted by Crippen LogP contribution is 2.62. The molecule has 2 N–H and O–H groups in total. The van der Waals surface area contributed by atoms with Crippen LogP contribution in [0.3, 0.4) is 0 Å². The van der Waals surface area contributed by atoms with Gasteiger partial charge in [0.25, 0.3) is 0 Å². The summed E-state index contributed by atoms with van der Waals surface area (Å²) in [6.45, 7) is 30.6. The molecule has 348 valence electrons. The van der Waals surface area contributed by atoms with Gasteiger partial charge in [0, 0.05) is 36.8 Å². The summed E-state index contributed by atoms with van der Waals surface area (Å²) < 4.78 is 7.18. The monoisotopic (exact) mass is 838 g/mol. The van der Waals surface area contributed by atoms with Gasteiger partial charge in [-0.1, -0.05) is 134 Å². The third-order valence-corrected chi connectivity index (χ3v) is 18.7. The van der Waals surface area contributed by atoms with Crippen molar-refractivity contribution in [1.29, 1.82) is 0 Å². The molecule has 5 rings (SSSR count). The molecule has 0 aromatic carbocycles. The molecule has 1 saturated heterocycles. The molecule has 5 nitrogen and oxygen atoms in total. The van der Waals surface area contributed by atoms with Crippen molar-refractivity contribution in [1.82, 2.24) is 5.32 Å². The van der Waals surface area contributed by atoms with Crippen molar-refractivity contribution in [2.24, 2.45) is 94.7 Å². The Morgan fingerprint density at radius 1 is 0.500 bits per heavy atom. The second-order valence-corrected chi connectivity index (χ2v) is 24.5. The van der Waals surface area contributed by atoms with E-state index in [0.717, 1.165) is 75.0 Å². The number of aliphatic carboxylic acids is 1. The van der Waals surface area contributed by atoms with E-state index in [1.165, 1.54) is 77.0 Å². The third-order valence-electron chi connectivity index (χ3n) is 18.7. The van der Waals surface area contributed by atoms with Crippen LogP contribution in [-0.4, -0.2) is 34.2 Å². The van der Waals surface area contributed by atoms with Crippen LogP contribution in [0.25, 0.3) is 0 Å².